The molecule has 1 aliphatic heterocycles. The SMILES string of the molecule is CCCc1ncc2c(n1)CN(Cc1sc(C)nc1C)CC2. The van der Waals surface area contributed by atoms with Crippen molar-refractivity contribution < 1.29 is 0 Å². The smallest absolute Gasteiger partial charge is 0.128 e. The Labute approximate surface area is 130 Å². The summed E-state index contributed by atoms with van der Waals surface area (Å²) in [5, 5.41) is 1.16. The van der Waals surface area contributed by atoms with Crippen LogP contribution in [0.3, 0.4) is 0 Å². The van der Waals surface area contributed by atoms with Gasteiger partial charge in [-0.15, -0.1) is 11.3 Å². The normalized spacial score (nSPS) is 15.2. The van der Waals surface area contributed by atoms with Crippen LogP contribution in [-0.2, 0) is 25.9 Å². The molecule has 3 heterocycles. The molecule has 0 atom stereocenters. The van der Waals surface area contributed by atoms with Gasteiger partial charge in [-0.3, -0.25) is 4.90 Å². The van der Waals surface area contributed by atoms with Crippen molar-refractivity contribution >= 4 is 11.3 Å². The van der Waals surface area contributed by atoms with E-state index in [0.717, 1.165) is 49.7 Å². The first-order valence-corrected chi connectivity index (χ1v) is 8.46. The number of thiazole rings is 1. The average Bonchev–Trinajstić information content (AvgIpc) is 2.77. The van der Waals surface area contributed by atoms with E-state index in [4.69, 9.17) is 4.98 Å². The Morgan fingerprint density at radius 2 is 2.14 bits per heavy atom. The van der Waals surface area contributed by atoms with Gasteiger partial charge in [-0.2, -0.15) is 0 Å². The van der Waals surface area contributed by atoms with Gasteiger partial charge >= 0.3 is 0 Å². The highest BCUT2D eigenvalue weighted by Crippen LogP contribution is 2.23. The Balaban J connectivity index is 1.74. The molecule has 0 saturated heterocycles. The fourth-order valence-corrected chi connectivity index (χ4v) is 3.78. The van der Waals surface area contributed by atoms with Crippen LogP contribution in [0.2, 0.25) is 0 Å². The maximum Gasteiger partial charge on any atom is 0.128 e. The first-order valence-electron chi connectivity index (χ1n) is 7.64. The Hall–Kier alpha value is -1.33. The summed E-state index contributed by atoms with van der Waals surface area (Å²) in [6.45, 7) is 9.37. The van der Waals surface area contributed by atoms with E-state index in [1.54, 1.807) is 0 Å². The van der Waals surface area contributed by atoms with Gasteiger partial charge in [0, 0.05) is 37.1 Å². The first kappa shape index (κ1) is 14.6. The Bertz CT molecular complexity index is 635. The topological polar surface area (TPSA) is 41.9 Å². The van der Waals surface area contributed by atoms with Crippen molar-refractivity contribution in [2.75, 3.05) is 6.54 Å². The number of aromatic nitrogens is 3. The molecule has 2 aromatic heterocycles. The molecule has 4 nitrogen and oxygen atoms in total. The summed E-state index contributed by atoms with van der Waals surface area (Å²) in [4.78, 5) is 17.6. The zero-order chi connectivity index (χ0) is 14.8. The molecule has 0 bridgehead atoms. The van der Waals surface area contributed by atoms with E-state index >= 15 is 0 Å². The lowest BCUT2D eigenvalue weighted by Gasteiger charge is -2.27. The number of fused-ring (bicyclic) bond motifs is 1. The van der Waals surface area contributed by atoms with Crippen LogP contribution in [0.15, 0.2) is 6.20 Å². The molecule has 0 N–H and O–H groups in total. The molecule has 0 fully saturated rings. The van der Waals surface area contributed by atoms with E-state index < -0.39 is 0 Å². The second-order valence-corrected chi connectivity index (χ2v) is 7.00. The van der Waals surface area contributed by atoms with Gasteiger partial charge in [0.15, 0.2) is 0 Å². The third kappa shape index (κ3) is 3.30. The van der Waals surface area contributed by atoms with Gasteiger partial charge in [0.2, 0.25) is 0 Å². The van der Waals surface area contributed by atoms with Gasteiger partial charge in [0.25, 0.3) is 0 Å². The second kappa shape index (κ2) is 6.20. The molecule has 21 heavy (non-hydrogen) atoms. The molecule has 0 radical (unpaired) electrons. The van der Waals surface area contributed by atoms with Crippen LogP contribution in [0.4, 0.5) is 0 Å². The summed E-state index contributed by atoms with van der Waals surface area (Å²) in [6, 6.07) is 0. The Morgan fingerprint density at radius 3 is 2.86 bits per heavy atom. The third-order valence-corrected chi connectivity index (χ3v) is 4.97. The van der Waals surface area contributed by atoms with Crippen molar-refractivity contribution in [2.24, 2.45) is 0 Å². The highest BCUT2D eigenvalue weighted by Gasteiger charge is 2.20. The van der Waals surface area contributed by atoms with Crippen LogP contribution >= 0.6 is 11.3 Å². The summed E-state index contributed by atoms with van der Waals surface area (Å²) in [5.74, 6) is 0.989. The van der Waals surface area contributed by atoms with Crippen LogP contribution in [0.5, 0.6) is 0 Å². The predicted molar refractivity (Wildman–Crippen MR) is 85.4 cm³/mol. The van der Waals surface area contributed by atoms with E-state index in [1.807, 2.05) is 17.5 Å². The van der Waals surface area contributed by atoms with Crippen molar-refractivity contribution in [1.29, 1.82) is 0 Å². The molecule has 0 amide bonds. The number of aryl methyl sites for hydroxylation is 3. The highest BCUT2D eigenvalue weighted by atomic mass is 32.1. The zero-order valence-corrected chi connectivity index (χ0v) is 13.8. The van der Waals surface area contributed by atoms with E-state index in [0.29, 0.717) is 0 Å². The van der Waals surface area contributed by atoms with E-state index in [2.05, 4.69) is 35.6 Å². The fraction of sp³-hybridized carbons (Fsp3) is 0.562. The van der Waals surface area contributed by atoms with E-state index in [9.17, 15) is 0 Å². The lowest BCUT2D eigenvalue weighted by molar-refractivity contribution is 0.242. The van der Waals surface area contributed by atoms with Gasteiger partial charge in [0.05, 0.1) is 16.4 Å². The standard InChI is InChI=1S/C16H22N4S/c1-4-5-16-17-8-13-6-7-20(9-14(13)19-16)10-15-11(2)18-12(3)21-15/h8H,4-7,9-10H2,1-3H3. The average molecular weight is 302 g/mol. The van der Waals surface area contributed by atoms with Crippen LogP contribution in [0.25, 0.3) is 0 Å². The maximum atomic E-state index is 4.76. The highest BCUT2D eigenvalue weighted by molar-refractivity contribution is 7.11. The predicted octanol–water partition coefficient (Wildman–Crippen LogP) is 3.06. The maximum absolute atomic E-state index is 4.76. The first-order chi connectivity index (χ1) is 10.2. The van der Waals surface area contributed by atoms with Crippen LogP contribution in [0.1, 0.15) is 46.0 Å². The number of rotatable bonds is 4. The Morgan fingerprint density at radius 1 is 1.29 bits per heavy atom. The second-order valence-electron chi connectivity index (χ2n) is 5.71. The van der Waals surface area contributed by atoms with Gasteiger partial charge in [-0.25, -0.2) is 15.0 Å². The zero-order valence-electron chi connectivity index (χ0n) is 13.0. The van der Waals surface area contributed by atoms with Crippen molar-refractivity contribution in [2.45, 2.75) is 53.1 Å². The molecule has 0 aliphatic carbocycles. The lowest BCUT2D eigenvalue weighted by Crippen LogP contribution is -2.31. The van der Waals surface area contributed by atoms with Crippen molar-refractivity contribution in [3.05, 3.63) is 38.9 Å². The minimum Gasteiger partial charge on any atom is -0.292 e. The molecule has 112 valence electrons. The molecule has 2 aromatic rings. The van der Waals surface area contributed by atoms with Gasteiger partial charge in [-0.1, -0.05) is 6.92 Å². The van der Waals surface area contributed by atoms with Crippen LogP contribution in [-0.4, -0.2) is 26.4 Å². The van der Waals surface area contributed by atoms with Gasteiger partial charge in [0.1, 0.15) is 5.82 Å². The molecular weight excluding hydrogens is 280 g/mol. The summed E-state index contributed by atoms with van der Waals surface area (Å²) >= 11 is 1.82. The molecule has 0 aromatic carbocycles. The van der Waals surface area contributed by atoms with Gasteiger partial charge < -0.3 is 0 Å². The minimum absolute atomic E-state index is 0.935. The summed E-state index contributed by atoms with van der Waals surface area (Å²) in [7, 11) is 0. The quantitative estimate of drug-likeness (QED) is 0.870. The molecular formula is C16H22N4S. The largest absolute Gasteiger partial charge is 0.292 e. The molecule has 0 saturated carbocycles. The van der Waals surface area contributed by atoms with Crippen LogP contribution in [0, 0.1) is 13.8 Å². The van der Waals surface area contributed by atoms with Crippen molar-refractivity contribution in [3.8, 4) is 0 Å². The van der Waals surface area contributed by atoms with Crippen molar-refractivity contribution in [1.82, 2.24) is 19.9 Å². The molecule has 3 rings (SSSR count). The fourth-order valence-electron chi connectivity index (χ4n) is 2.80. The van der Waals surface area contributed by atoms with E-state index in [-0.39, 0.29) is 0 Å². The number of hydrogen-bond acceptors (Lipinski definition) is 5. The Kier molecular flexibility index (Phi) is 4.31. The molecule has 1 aliphatic rings. The van der Waals surface area contributed by atoms with Crippen molar-refractivity contribution in [3.63, 3.8) is 0 Å². The number of nitrogens with zero attached hydrogens (tertiary/aromatic N) is 4. The van der Waals surface area contributed by atoms with Gasteiger partial charge in [-0.05, 0) is 32.3 Å². The summed E-state index contributed by atoms with van der Waals surface area (Å²) < 4.78 is 0. The van der Waals surface area contributed by atoms with Crippen LogP contribution < -0.4 is 0 Å². The molecule has 5 heteroatoms. The monoisotopic (exact) mass is 302 g/mol. The number of hydrogen-bond donors (Lipinski definition) is 0. The molecule has 0 unspecified atom stereocenters. The van der Waals surface area contributed by atoms with E-state index in [1.165, 1.54) is 21.8 Å². The third-order valence-electron chi connectivity index (χ3n) is 3.92. The lowest BCUT2D eigenvalue weighted by atomic mass is 10.1. The summed E-state index contributed by atoms with van der Waals surface area (Å²) in [5.41, 5.74) is 3.72. The molecule has 0 spiro atoms. The summed E-state index contributed by atoms with van der Waals surface area (Å²) in [6.07, 6.45) is 5.16. The minimum atomic E-state index is 0.935.